The van der Waals surface area contributed by atoms with Crippen LogP contribution in [0.3, 0.4) is 0 Å². The van der Waals surface area contributed by atoms with Crippen LogP contribution in [0.2, 0.25) is 5.02 Å². The second-order valence-electron chi connectivity index (χ2n) is 17.6. The summed E-state index contributed by atoms with van der Waals surface area (Å²) in [5.74, 6) is -4.98. The van der Waals surface area contributed by atoms with E-state index >= 15 is 0 Å². The predicted octanol–water partition coefficient (Wildman–Crippen LogP) is 3.14. The Balaban J connectivity index is 1.27. The summed E-state index contributed by atoms with van der Waals surface area (Å²) >= 11 is 6.06. The minimum atomic E-state index is -1.46. The third-order valence-corrected chi connectivity index (χ3v) is 12.8. The van der Waals surface area contributed by atoms with Crippen LogP contribution in [0.15, 0.2) is 97.2 Å². The smallest absolute Gasteiger partial charge is 0.251 e. The first-order valence-electron chi connectivity index (χ1n) is 23.1. The van der Waals surface area contributed by atoms with Crippen molar-refractivity contribution in [3.8, 4) is 33.8 Å². The number of fused-ring (bicyclic) bond motifs is 5. The fourth-order valence-corrected chi connectivity index (χ4v) is 8.78. The Morgan fingerprint density at radius 2 is 1.51 bits per heavy atom. The van der Waals surface area contributed by atoms with Crippen LogP contribution in [0.4, 0.5) is 0 Å². The van der Waals surface area contributed by atoms with Crippen LogP contribution >= 0.6 is 11.6 Å². The molecule has 4 aromatic rings. The van der Waals surface area contributed by atoms with Gasteiger partial charge in [0.2, 0.25) is 35.4 Å². The van der Waals surface area contributed by atoms with Crippen molar-refractivity contribution >= 4 is 53.0 Å². The number of nitrogens with two attached hydrogens (primary N) is 2. The largest absolute Gasteiger partial charge is 0.507 e. The van der Waals surface area contributed by atoms with Gasteiger partial charge in [0, 0.05) is 47.4 Å². The lowest BCUT2D eigenvalue weighted by Gasteiger charge is -2.33. The summed E-state index contributed by atoms with van der Waals surface area (Å²) in [7, 11) is 1.39. The van der Waals surface area contributed by atoms with Crippen LogP contribution in [0.25, 0.3) is 22.3 Å². The molecule has 370 valence electrons. The Morgan fingerprint density at radius 3 is 2.17 bits per heavy atom. The number of nitrogens with one attached hydrogen (secondary N) is 5. The second-order valence-corrected chi connectivity index (χ2v) is 18.1. The standard InChI is InChI=1S/C51H60ClN9O9/c1-28(30(3)61-23-7-9-41(61)49(68)55-27-44(54)64)56-48(67)40-25-31-10-20-42(62)37(24-31)38-26-35(17-21-43(38)63)45(50(69)57-29(2)46(65)59-40)60(4)51(70)39(8-5-6-22-53)58-47(66)34-13-11-32(12-14-34)33-15-18-36(52)19-16-33/h10-21,24,26,28-29,39-41,45,62-63H,3,5-9,22-23,25,27,53H2,1-2,4H3,(H2,54,64)(H,55,68)(H,56,67)(H,57,69)(H,58,66)(H,59,65)/t28-,29-,39-,40-,41-,45-/m0/s1. The molecule has 19 heteroatoms. The number of phenolic OH excluding ortho intramolecular Hbond substituents is 2. The van der Waals surface area contributed by atoms with Gasteiger partial charge in [-0.2, -0.15) is 0 Å². The van der Waals surface area contributed by atoms with Crippen molar-refractivity contribution in [1.82, 2.24) is 36.4 Å². The van der Waals surface area contributed by atoms with Crippen molar-refractivity contribution in [2.75, 3.05) is 26.7 Å². The summed E-state index contributed by atoms with van der Waals surface area (Å²) in [5, 5.41) is 36.7. The molecule has 6 rings (SSSR count). The van der Waals surface area contributed by atoms with Gasteiger partial charge in [0.15, 0.2) is 0 Å². The summed E-state index contributed by atoms with van der Waals surface area (Å²) in [4.78, 5) is 98.4. The fraction of sp³-hybridized carbons (Fsp3) is 0.353. The van der Waals surface area contributed by atoms with E-state index in [0.29, 0.717) is 55.1 Å². The van der Waals surface area contributed by atoms with E-state index in [2.05, 4.69) is 33.2 Å². The van der Waals surface area contributed by atoms with Gasteiger partial charge in [-0.15, -0.1) is 0 Å². The molecule has 4 bridgehead atoms. The van der Waals surface area contributed by atoms with Crippen molar-refractivity contribution in [2.24, 2.45) is 11.5 Å². The Labute approximate surface area is 411 Å². The van der Waals surface area contributed by atoms with Gasteiger partial charge in [0.25, 0.3) is 5.91 Å². The van der Waals surface area contributed by atoms with E-state index in [1.54, 1.807) is 60.4 Å². The lowest BCUT2D eigenvalue weighted by molar-refractivity contribution is -0.141. The molecule has 18 nitrogen and oxygen atoms in total. The van der Waals surface area contributed by atoms with Crippen molar-refractivity contribution in [3.05, 3.63) is 119 Å². The molecule has 1 fully saturated rings. The second kappa shape index (κ2) is 23.2. The van der Waals surface area contributed by atoms with Gasteiger partial charge in [-0.1, -0.05) is 54.6 Å². The Hall–Kier alpha value is -7.44. The molecule has 0 aromatic heterocycles. The number of benzene rings is 4. The zero-order valence-electron chi connectivity index (χ0n) is 39.3. The molecular formula is C51H60ClN9O9. The highest BCUT2D eigenvalue weighted by Crippen LogP contribution is 2.39. The fourth-order valence-electron chi connectivity index (χ4n) is 8.66. The van der Waals surface area contributed by atoms with Crippen molar-refractivity contribution in [2.45, 2.75) is 88.6 Å². The van der Waals surface area contributed by atoms with Crippen LogP contribution in [-0.2, 0) is 35.2 Å². The minimum Gasteiger partial charge on any atom is -0.507 e. The van der Waals surface area contributed by atoms with Crippen LogP contribution in [0.5, 0.6) is 11.5 Å². The topological polar surface area (TPSA) is 279 Å². The maximum atomic E-state index is 14.7. The van der Waals surface area contributed by atoms with E-state index in [9.17, 15) is 43.8 Å². The minimum absolute atomic E-state index is 0.101. The first kappa shape index (κ1) is 51.9. The Morgan fingerprint density at radius 1 is 0.871 bits per heavy atom. The number of likely N-dealkylation sites (tertiary alicyclic amines) is 1. The first-order valence-corrected chi connectivity index (χ1v) is 23.5. The molecule has 4 aromatic carbocycles. The number of hydrogen-bond donors (Lipinski definition) is 9. The van der Waals surface area contributed by atoms with Gasteiger partial charge in [0.05, 0.1) is 12.6 Å². The molecule has 11 N–H and O–H groups in total. The lowest BCUT2D eigenvalue weighted by atomic mass is 9.93. The molecule has 0 unspecified atom stereocenters. The van der Waals surface area contributed by atoms with Crippen LogP contribution in [0.1, 0.15) is 73.5 Å². The molecule has 0 radical (unpaired) electrons. The van der Waals surface area contributed by atoms with Crippen molar-refractivity contribution in [1.29, 1.82) is 0 Å². The monoisotopic (exact) mass is 977 g/mol. The summed E-state index contributed by atoms with van der Waals surface area (Å²) in [5.41, 5.74) is 14.4. The summed E-state index contributed by atoms with van der Waals surface area (Å²) < 4.78 is 0. The lowest BCUT2D eigenvalue weighted by Crippen LogP contribution is -2.57. The maximum absolute atomic E-state index is 14.7. The zero-order valence-corrected chi connectivity index (χ0v) is 40.1. The van der Waals surface area contributed by atoms with E-state index < -0.39 is 77.6 Å². The summed E-state index contributed by atoms with van der Waals surface area (Å²) in [6, 6.07) is 16.3. The molecule has 70 heavy (non-hydrogen) atoms. The average Bonchev–Trinajstić information content (AvgIpc) is 3.83. The van der Waals surface area contributed by atoms with Gasteiger partial charge in [-0.3, -0.25) is 33.6 Å². The number of amides is 7. The molecule has 1 saturated heterocycles. The number of carbonyl (C=O) groups excluding carboxylic acids is 7. The van der Waals surface area contributed by atoms with Gasteiger partial charge in [0.1, 0.15) is 41.7 Å². The number of likely N-dealkylation sites (N-methyl/N-ethyl adjacent to an activating group) is 1. The number of aromatic hydroxyl groups is 2. The number of halogens is 1. The van der Waals surface area contributed by atoms with Crippen LogP contribution in [0, 0.1) is 0 Å². The zero-order chi connectivity index (χ0) is 50.8. The molecule has 0 saturated carbocycles. The summed E-state index contributed by atoms with van der Waals surface area (Å²) in [6.07, 6.45) is 2.20. The first-order chi connectivity index (χ1) is 33.4. The molecule has 2 heterocycles. The van der Waals surface area contributed by atoms with Gasteiger partial charge >= 0.3 is 0 Å². The predicted molar refractivity (Wildman–Crippen MR) is 264 cm³/mol. The number of nitrogens with zero attached hydrogens (tertiary/aromatic N) is 2. The third-order valence-electron chi connectivity index (χ3n) is 12.6. The maximum Gasteiger partial charge on any atom is 0.251 e. The number of primary amides is 1. The highest BCUT2D eigenvalue weighted by Gasteiger charge is 2.37. The normalized spacial score (nSPS) is 18.8. The number of hydrogen-bond acceptors (Lipinski definition) is 11. The quantitative estimate of drug-likeness (QED) is 0.0736. The van der Waals surface area contributed by atoms with E-state index in [-0.39, 0.29) is 53.1 Å². The molecular weight excluding hydrogens is 918 g/mol. The highest BCUT2D eigenvalue weighted by molar-refractivity contribution is 6.30. The number of unbranched alkanes of at least 4 members (excludes halogenated alkanes) is 1. The van der Waals surface area contributed by atoms with E-state index in [1.165, 1.54) is 38.2 Å². The molecule has 2 aliphatic rings. The van der Waals surface area contributed by atoms with Crippen LogP contribution in [-0.4, -0.2) is 118 Å². The highest BCUT2D eigenvalue weighted by atomic mass is 35.5. The van der Waals surface area contributed by atoms with Crippen molar-refractivity contribution < 1.29 is 43.8 Å². The van der Waals surface area contributed by atoms with E-state index in [0.717, 1.165) is 16.0 Å². The van der Waals surface area contributed by atoms with Gasteiger partial charge < -0.3 is 58.1 Å². The Bertz CT molecular complexity index is 2630. The molecule has 2 aliphatic heterocycles. The van der Waals surface area contributed by atoms with E-state index in [4.69, 9.17) is 23.1 Å². The molecule has 7 amide bonds. The van der Waals surface area contributed by atoms with Gasteiger partial charge in [-0.25, -0.2) is 0 Å². The molecule has 0 spiro atoms. The Kier molecular flexibility index (Phi) is 17.2. The third kappa shape index (κ3) is 12.6. The SMILES string of the molecule is C=C([C@H](C)NC(=O)[C@@H]1Cc2ccc(O)c(c2)-c2cc(ccc2O)[C@H](N(C)C(=O)[C@H](CCCCN)NC(=O)c2ccc(-c3ccc(Cl)cc3)cc2)C(=O)N[C@@H](C)C(=O)N1)N1CCC[C@H]1C(=O)NCC(N)=O. The molecule has 0 aliphatic carbocycles. The summed E-state index contributed by atoms with van der Waals surface area (Å²) in [6.45, 7) is 7.71. The molecule has 6 atom stereocenters. The van der Waals surface area contributed by atoms with E-state index in [1.807, 2.05) is 12.1 Å². The number of carbonyl (C=O) groups is 7. The van der Waals surface area contributed by atoms with Crippen molar-refractivity contribution in [3.63, 3.8) is 0 Å². The number of rotatable bonds is 16. The number of phenols is 2. The van der Waals surface area contributed by atoms with Crippen LogP contribution < -0.4 is 38.1 Å². The average molecular weight is 979 g/mol. The van der Waals surface area contributed by atoms with Gasteiger partial charge in [-0.05, 0) is 123 Å².